The van der Waals surface area contributed by atoms with Crippen molar-refractivity contribution < 1.29 is 4.74 Å². The van der Waals surface area contributed by atoms with Gasteiger partial charge in [0.2, 0.25) is 5.95 Å². The average molecular weight is 480 g/mol. The van der Waals surface area contributed by atoms with E-state index in [1.807, 2.05) is 13.1 Å². The first kappa shape index (κ1) is 25.3. The second kappa shape index (κ2) is 12.7. The van der Waals surface area contributed by atoms with Crippen LogP contribution < -0.4 is 26.2 Å². The number of aryl methyl sites for hydroxylation is 1. The lowest BCUT2D eigenvalue weighted by Gasteiger charge is -2.33. The van der Waals surface area contributed by atoms with Crippen LogP contribution in [0.1, 0.15) is 50.3 Å². The maximum atomic E-state index is 5.64. The highest BCUT2D eigenvalue weighted by Gasteiger charge is 2.21. The Morgan fingerprint density at radius 3 is 2.66 bits per heavy atom. The highest BCUT2D eigenvalue weighted by Crippen LogP contribution is 2.23. The number of nitrogens with two attached hydrogens (primary N) is 1. The molecule has 0 bridgehead atoms. The Hall–Kier alpha value is -2.84. The highest BCUT2D eigenvalue weighted by atomic mass is 16.5. The Morgan fingerprint density at radius 1 is 1.11 bits per heavy atom. The van der Waals surface area contributed by atoms with E-state index >= 15 is 0 Å². The van der Waals surface area contributed by atoms with Crippen LogP contribution in [0.15, 0.2) is 42.3 Å². The molecule has 35 heavy (non-hydrogen) atoms. The molecule has 0 unspecified atom stereocenters. The van der Waals surface area contributed by atoms with Gasteiger partial charge < -0.3 is 30.9 Å². The van der Waals surface area contributed by atoms with Crippen molar-refractivity contribution in [2.45, 2.75) is 58.5 Å². The van der Waals surface area contributed by atoms with Crippen molar-refractivity contribution in [2.24, 2.45) is 5.73 Å². The van der Waals surface area contributed by atoms with E-state index in [4.69, 9.17) is 15.5 Å². The van der Waals surface area contributed by atoms with Gasteiger partial charge in [0.1, 0.15) is 11.6 Å². The van der Waals surface area contributed by atoms with E-state index in [2.05, 4.69) is 62.7 Å². The molecule has 190 valence electrons. The quantitative estimate of drug-likeness (QED) is 0.420. The molecule has 0 saturated carbocycles. The molecule has 4 rings (SSSR count). The number of ether oxygens (including phenoxy) is 1. The molecule has 1 aromatic heterocycles. The second-order valence-corrected chi connectivity index (χ2v) is 9.44. The molecule has 1 aromatic carbocycles. The van der Waals surface area contributed by atoms with Crippen molar-refractivity contribution in [3.63, 3.8) is 0 Å². The summed E-state index contributed by atoms with van der Waals surface area (Å²) in [5.74, 6) is 2.42. The molecule has 2 aromatic rings. The molecule has 0 amide bonds. The van der Waals surface area contributed by atoms with E-state index in [0.29, 0.717) is 25.1 Å². The minimum Gasteiger partial charge on any atom is -0.495 e. The Kier molecular flexibility index (Phi) is 9.20. The fourth-order valence-corrected chi connectivity index (χ4v) is 4.77. The summed E-state index contributed by atoms with van der Waals surface area (Å²) in [6.07, 6.45) is 7.45. The highest BCUT2D eigenvalue weighted by molar-refractivity contribution is 5.49. The van der Waals surface area contributed by atoms with Gasteiger partial charge >= 0.3 is 0 Å². The third-order valence-electron chi connectivity index (χ3n) is 6.75. The van der Waals surface area contributed by atoms with Gasteiger partial charge in [0, 0.05) is 75.4 Å². The average Bonchev–Trinajstić information content (AvgIpc) is 3.43. The van der Waals surface area contributed by atoms with Crippen LogP contribution >= 0.6 is 0 Å². The van der Waals surface area contributed by atoms with Crippen LogP contribution in [0.3, 0.4) is 0 Å². The van der Waals surface area contributed by atoms with Crippen LogP contribution in [0.25, 0.3) is 0 Å². The largest absolute Gasteiger partial charge is 0.495 e. The first-order valence-electron chi connectivity index (χ1n) is 13.1. The standard InChI is InChI=1S/C27H41N7O/c1-3-25(35-16-11-28)20-30-27-31-21(2)17-26(32-27)34-14-9-23(10-15-34)29-19-22-7-6-8-24(18-22)33-12-4-5-13-33/h6-8,17-18,20,23,29H,3-5,9-16,19,28H2,1-2H3,(H,30,31,32)/b25-20-. The molecule has 0 radical (unpaired) electrons. The summed E-state index contributed by atoms with van der Waals surface area (Å²) < 4.78 is 5.64. The first-order chi connectivity index (χ1) is 17.1. The summed E-state index contributed by atoms with van der Waals surface area (Å²) in [6, 6.07) is 11.6. The molecule has 8 nitrogen and oxygen atoms in total. The molecule has 2 aliphatic heterocycles. The molecule has 8 heteroatoms. The number of hydrogen-bond donors (Lipinski definition) is 3. The number of hydrogen-bond acceptors (Lipinski definition) is 8. The topological polar surface area (TPSA) is 91.6 Å². The predicted octanol–water partition coefficient (Wildman–Crippen LogP) is 3.78. The fraction of sp³-hybridized carbons (Fsp3) is 0.556. The number of allylic oxidation sites excluding steroid dienone is 1. The van der Waals surface area contributed by atoms with Crippen molar-refractivity contribution in [3.8, 4) is 0 Å². The Bertz CT molecular complexity index is 966. The fourth-order valence-electron chi connectivity index (χ4n) is 4.77. The van der Waals surface area contributed by atoms with Gasteiger partial charge in [-0.1, -0.05) is 19.1 Å². The van der Waals surface area contributed by atoms with E-state index < -0.39 is 0 Å². The van der Waals surface area contributed by atoms with Crippen LogP contribution in [-0.4, -0.2) is 55.3 Å². The number of piperidine rings is 1. The van der Waals surface area contributed by atoms with Crippen LogP contribution in [0.4, 0.5) is 17.5 Å². The lowest BCUT2D eigenvalue weighted by atomic mass is 10.0. The smallest absolute Gasteiger partial charge is 0.229 e. The molecule has 2 aliphatic rings. The Morgan fingerprint density at radius 2 is 1.91 bits per heavy atom. The van der Waals surface area contributed by atoms with Gasteiger partial charge in [0.15, 0.2) is 0 Å². The molecule has 2 fully saturated rings. The van der Waals surface area contributed by atoms with Gasteiger partial charge in [0.05, 0.1) is 6.61 Å². The van der Waals surface area contributed by atoms with Gasteiger partial charge in [-0.25, -0.2) is 4.98 Å². The number of benzene rings is 1. The van der Waals surface area contributed by atoms with E-state index in [1.165, 1.54) is 37.2 Å². The number of nitrogens with one attached hydrogen (secondary N) is 2. The van der Waals surface area contributed by atoms with Crippen molar-refractivity contribution in [1.29, 1.82) is 0 Å². The molecule has 3 heterocycles. The normalized spacial score (nSPS) is 17.2. The third-order valence-corrected chi connectivity index (χ3v) is 6.75. The monoisotopic (exact) mass is 479 g/mol. The zero-order valence-electron chi connectivity index (χ0n) is 21.3. The maximum absolute atomic E-state index is 5.64. The summed E-state index contributed by atoms with van der Waals surface area (Å²) in [6.45, 7) is 10.3. The van der Waals surface area contributed by atoms with Crippen molar-refractivity contribution in [2.75, 3.05) is 54.4 Å². The van der Waals surface area contributed by atoms with Gasteiger partial charge in [-0.15, -0.1) is 0 Å². The molecular formula is C27H41N7O. The second-order valence-electron chi connectivity index (χ2n) is 9.44. The molecule has 2 saturated heterocycles. The summed E-state index contributed by atoms with van der Waals surface area (Å²) in [4.78, 5) is 14.2. The van der Waals surface area contributed by atoms with Gasteiger partial charge in [-0.3, -0.25) is 0 Å². The Labute approximate surface area is 210 Å². The third kappa shape index (κ3) is 7.32. The molecule has 4 N–H and O–H groups in total. The summed E-state index contributed by atoms with van der Waals surface area (Å²) in [5.41, 5.74) is 9.23. The molecule has 0 aliphatic carbocycles. The lowest BCUT2D eigenvalue weighted by molar-refractivity contribution is 0.213. The van der Waals surface area contributed by atoms with Crippen LogP contribution in [0.2, 0.25) is 0 Å². The van der Waals surface area contributed by atoms with Crippen molar-refractivity contribution >= 4 is 17.5 Å². The lowest BCUT2D eigenvalue weighted by Crippen LogP contribution is -2.42. The number of rotatable bonds is 11. The minimum absolute atomic E-state index is 0.498. The van der Waals surface area contributed by atoms with Gasteiger partial charge in [-0.05, 0) is 50.3 Å². The first-order valence-corrected chi connectivity index (χ1v) is 13.1. The minimum atomic E-state index is 0.498. The number of anilines is 3. The summed E-state index contributed by atoms with van der Waals surface area (Å²) in [7, 11) is 0. The SMILES string of the molecule is CC/C(=C/Nc1nc(C)cc(N2CCC(NCc3cccc(N4CCCC4)c3)CC2)n1)OCCN. The Balaban J connectivity index is 1.28. The van der Waals surface area contributed by atoms with Gasteiger partial charge in [-0.2, -0.15) is 4.98 Å². The zero-order chi connectivity index (χ0) is 24.5. The zero-order valence-corrected chi connectivity index (χ0v) is 21.3. The van der Waals surface area contributed by atoms with Crippen molar-refractivity contribution in [3.05, 3.63) is 53.5 Å². The van der Waals surface area contributed by atoms with Crippen molar-refractivity contribution in [1.82, 2.24) is 15.3 Å². The van der Waals surface area contributed by atoms with E-state index in [0.717, 1.165) is 56.2 Å². The van der Waals surface area contributed by atoms with E-state index in [-0.39, 0.29) is 0 Å². The van der Waals surface area contributed by atoms with Crippen LogP contribution in [-0.2, 0) is 11.3 Å². The number of aromatic nitrogens is 2. The van der Waals surface area contributed by atoms with E-state index in [1.54, 1.807) is 0 Å². The summed E-state index contributed by atoms with van der Waals surface area (Å²) in [5, 5.41) is 6.99. The maximum Gasteiger partial charge on any atom is 0.229 e. The van der Waals surface area contributed by atoms with Crippen LogP contribution in [0.5, 0.6) is 0 Å². The van der Waals surface area contributed by atoms with Gasteiger partial charge in [0.25, 0.3) is 0 Å². The molecule has 0 atom stereocenters. The molecular weight excluding hydrogens is 438 g/mol. The van der Waals surface area contributed by atoms with E-state index in [9.17, 15) is 0 Å². The predicted molar refractivity (Wildman–Crippen MR) is 144 cm³/mol. The number of nitrogens with zero attached hydrogens (tertiary/aromatic N) is 4. The summed E-state index contributed by atoms with van der Waals surface area (Å²) >= 11 is 0. The van der Waals surface area contributed by atoms with Crippen LogP contribution in [0, 0.1) is 6.92 Å². The molecule has 0 spiro atoms.